The van der Waals surface area contributed by atoms with Crippen LogP contribution in [0.1, 0.15) is 47.0 Å². The van der Waals surface area contributed by atoms with E-state index in [1.54, 1.807) is 0 Å². The number of aromatic amines is 1. The van der Waals surface area contributed by atoms with Crippen molar-refractivity contribution in [3.05, 3.63) is 31.9 Å². The molecule has 0 fully saturated rings. The molecule has 3 heterocycles. The Hall–Kier alpha value is -1.67. The van der Waals surface area contributed by atoms with Gasteiger partial charge in [-0.05, 0) is 19.3 Å². The Balaban J connectivity index is 1.50. The first-order valence-electron chi connectivity index (χ1n) is 7.73. The number of nitrogens with zero attached hydrogens (tertiary/aromatic N) is 3. The van der Waals surface area contributed by atoms with Crippen LogP contribution in [0.5, 0.6) is 0 Å². The molecule has 23 heavy (non-hydrogen) atoms. The van der Waals surface area contributed by atoms with Crippen molar-refractivity contribution in [2.45, 2.75) is 45.1 Å². The van der Waals surface area contributed by atoms with Crippen LogP contribution in [0, 0.1) is 0 Å². The van der Waals surface area contributed by atoms with Crippen LogP contribution in [0.2, 0.25) is 5.02 Å². The first-order valence-corrected chi connectivity index (χ1v) is 8.92. The van der Waals surface area contributed by atoms with Gasteiger partial charge in [0.25, 0.3) is 11.5 Å². The molecule has 7 nitrogen and oxygen atoms in total. The number of fused-ring (bicyclic) bond motifs is 1. The Morgan fingerprint density at radius 1 is 1.35 bits per heavy atom. The minimum atomic E-state index is -0.423. The monoisotopic (exact) mass is 355 g/mol. The van der Waals surface area contributed by atoms with Gasteiger partial charge in [-0.1, -0.05) is 29.6 Å². The van der Waals surface area contributed by atoms with Crippen molar-refractivity contribution in [3.63, 3.8) is 0 Å². The molecule has 2 aromatic heterocycles. The Kier molecular flexibility index (Phi) is 5.12. The number of carbonyl (C=O) groups is 1. The van der Waals surface area contributed by atoms with E-state index < -0.39 is 5.56 Å². The van der Waals surface area contributed by atoms with Crippen molar-refractivity contribution in [2.24, 2.45) is 0 Å². The largest absolute Gasteiger partial charge is 0.351 e. The number of halogens is 1. The van der Waals surface area contributed by atoms with Crippen LogP contribution in [-0.2, 0) is 19.4 Å². The molecule has 0 spiro atoms. The Morgan fingerprint density at radius 3 is 3.00 bits per heavy atom. The highest BCUT2D eigenvalue weighted by Gasteiger charge is 2.16. The van der Waals surface area contributed by atoms with Gasteiger partial charge in [0.05, 0.1) is 0 Å². The molecule has 0 aliphatic carbocycles. The molecule has 1 aliphatic heterocycles. The summed E-state index contributed by atoms with van der Waals surface area (Å²) >= 11 is 6.73. The summed E-state index contributed by atoms with van der Waals surface area (Å²) in [5.41, 5.74) is -0.423. The fourth-order valence-electron chi connectivity index (χ4n) is 2.70. The third-order valence-electron chi connectivity index (χ3n) is 3.90. The Labute approximate surface area is 142 Å². The zero-order valence-electron chi connectivity index (χ0n) is 12.6. The maximum Gasteiger partial charge on any atom is 0.277 e. The topological polar surface area (TPSA) is 92.7 Å². The third kappa shape index (κ3) is 3.64. The molecule has 1 amide bonds. The number of amides is 1. The van der Waals surface area contributed by atoms with Crippen molar-refractivity contribution >= 4 is 29.0 Å². The summed E-state index contributed by atoms with van der Waals surface area (Å²) in [7, 11) is 0. The van der Waals surface area contributed by atoms with Crippen molar-refractivity contribution in [3.8, 4) is 0 Å². The fourth-order valence-corrected chi connectivity index (χ4v) is 3.64. The number of H-pyrrole nitrogens is 1. The van der Waals surface area contributed by atoms with Crippen molar-refractivity contribution in [1.82, 2.24) is 24.5 Å². The van der Waals surface area contributed by atoms with E-state index in [1.165, 1.54) is 19.3 Å². The number of aromatic nitrogens is 4. The molecule has 9 heteroatoms. The second kappa shape index (κ2) is 7.27. The van der Waals surface area contributed by atoms with Crippen LogP contribution in [0.3, 0.4) is 0 Å². The summed E-state index contributed by atoms with van der Waals surface area (Å²) in [5, 5.41) is 11.3. The van der Waals surface area contributed by atoms with Crippen LogP contribution in [0.15, 0.2) is 4.79 Å². The maximum atomic E-state index is 11.9. The fraction of sp³-hybridized carbons (Fsp3) is 0.571. The Bertz CT molecular complexity index is 751. The van der Waals surface area contributed by atoms with Crippen molar-refractivity contribution in [2.75, 3.05) is 6.54 Å². The summed E-state index contributed by atoms with van der Waals surface area (Å²) in [5.74, 6) is 1.74. The highest BCUT2D eigenvalue weighted by Crippen LogP contribution is 2.16. The number of aryl methyl sites for hydroxylation is 2. The lowest BCUT2D eigenvalue weighted by Crippen LogP contribution is -2.24. The molecule has 2 N–H and O–H groups in total. The lowest BCUT2D eigenvalue weighted by Gasteiger charge is -2.07. The predicted octanol–water partition coefficient (Wildman–Crippen LogP) is 1.77. The van der Waals surface area contributed by atoms with Crippen LogP contribution >= 0.6 is 23.1 Å². The Morgan fingerprint density at radius 2 is 2.22 bits per heavy atom. The smallest absolute Gasteiger partial charge is 0.277 e. The van der Waals surface area contributed by atoms with E-state index in [-0.39, 0.29) is 15.8 Å². The molecular formula is C14H18ClN5O2S. The van der Waals surface area contributed by atoms with Gasteiger partial charge < -0.3 is 9.88 Å². The minimum absolute atomic E-state index is 0.0460. The van der Waals surface area contributed by atoms with Gasteiger partial charge in [-0.2, -0.15) is 0 Å². The average molecular weight is 356 g/mol. The number of hydrogen-bond acceptors (Lipinski definition) is 5. The third-order valence-corrected chi connectivity index (χ3v) is 5.25. The SMILES string of the molecule is O=C(NCCCc1nnc2n1CCCCC2)c1s[nH]c(=O)c1Cl. The molecule has 0 saturated carbocycles. The second-order valence-electron chi connectivity index (χ2n) is 5.53. The number of carbonyl (C=O) groups excluding carboxylic acids is 1. The van der Waals surface area contributed by atoms with Crippen molar-refractivity contribution < 1.29 is 4.79 Å². The number of nitrogens with one attached hydrogen (secondary N) is 2. The van der Waals surface area contributed by atoms with E-state index in [0.717, 1.165) is 49.0 Å². The molecule has 124 valence electrons. The van der Waals surface area contributed by atoms with Crippen LogP contribution < -0.4 is 10.9 Å². The molecule has 0 atom stereocenters. The maximum absolute atomic E-state index is 11.9. The van der Waals surface area contributed by atoms with Gasteiger partial charge in [-0.15, -0.1) is 10.2 Å². The van der Waals surface area contributed by atoms with E-state index in [2.05, 4.69) is 24.5 Å². The molecule has 3 rings (SSSR count). The van der Waals surface area contributed by atoms with Gasteiger partial charge in [0.2, 0.25) is 0 Å². The minimum Gasteiger partial charge on any atom is -0.351 e. The average Bonchev–Trinajstić information content (AvgIpc) is 2.98. The van der Waals surface area contributed by atoms with E-state index in [0.29, 0.717) is 6.54 Å². The zero-order valence-corrected chi connectivity index (χ0v) is 14.2. The van der Waals surface area contributed by atoms with E-state index in [9.17, 15) is 9.59 Å². The van der Waals surface area contributed by atoms with Gasteiger partial charge in [-0.3, -0.25) is 14.0 Å². The first-order chi connectivity index (χ1) is 11.2. The van der Waals surface area contributed by atoms with Crippen LogP contribution in [0.25, 0.3) is 0 Å². The number of hydrogen-bond donors (Lipinski definition) is 2. The molecule has 0 aromatic carbocycles. The summed E-state index contributed by atoms with van der Waals surface area (Å²) in [6, 6.07) is 0. The van der Waals surface area contributed by atoms with Gasteiger partial charge in [0, 0.05) is 25.9 Å². The molecule has 0 saturated heterocycles. The van der Waals surface area contributed by atoms with Crippen LogP contribution in [-0.4, -0.2) is 31.6 Å². The lowest BCUT2D eigenvalue weighted by molar-refractivity contribution is 0.0957. The summed E-state index contributed by atoms with van der Waals surface area (Å²) in [6.45, 7) is 1.49. The molecule has 0 bridgehead atoms. The highest BCUT2D eigenvalue weighted by molar-refractivity contribution is 7.08. The molecule has 0 unspecified atom stereocenters. The lowest BCUT2D eigenvalue weighted by atomic mass is 10.2. The molecule has 2 aromatic rings. The molecule has 1 aliphatic rings. The predicted molar refractivity (Wildman–Crippen MR) is 88.2 cm³/mol. The normalized spacial score (nSPS) is 14.3. The quantitative estimate of drug-likeness (QED) is 0.799. The zero-order chi connectivity index (χ0) is 16.2. The van der Waals surface area contributed by atoms with Gasteiger partial charge in [0.15, 0.2) is 0 Å². The first kappa shape index (κ1) is 16.2. The van der Waals surface area contributed by atoms with E-state index in [1.807, 2.05) is 0 Å². The van der Waals surface area contributed by atoms with E-state index >= 15 is 0 Å². The highest BCUT2D eigenvalue weighted by atomic mass is 35.5. The second-order valence-corrected chi connectivity index (χ2v) is 6.73. The number of rotatable bonds is 5. The summed E-state index contributed by atoms with van der Waals surface area (Å²) in [4.78, 5) is 23.4. The molecular weight excluding hydrogens is 338 g/mol. The van der Waals surface area contributed by atoms with Gasteiger partial charge in [-0.25, -0.2) is 0 Å². The van der Waals surface area contributed by atoms with Gasteiger partial charge in [0.1, 0.15) is 21.5 Å². The van der Waals surface area contributed by atoms with Crippen molar-refractivity contribution in [1.29, 1.82) is 0 Å². The van der Waals surface area contributed by atoms with Gasteiger partial charge >= 0.3 is 0 Å². The summed E-state index contributed by atoms with van der Waals surface area (Å²) < 4.78 is 4.65. The summed E-state index contributed by atoms with van der Waals surface area (Å²) in [6.07, 6.45) is 6.10. The van der Waals surface area contributed by atoms with Crippen LogP contribution in [0.4, 0.5) is 0 Å². The molecule has 0 radical (unpaired) electrons. The standard InChI is InChI=1S/C14H18ClN5O2S/c15-11-12(23-19-13(11)21)14(22)16-7-4-6-10-18-17-9-5-2-1-3-8-20(9)10/h1-8H2,(H,16,22)(H,19,21). The van der Waals surface area contributed by atoms with E-state index in [4.69, 9.17) is 11.6 Å².